The molecule has 0 atom stereocenters. The molecule has 2 rings (SSSR count). The lowest BCUT2D eigenvalue weighted by molar-refractivity contribution is 0.0549. The number of methoxy groups -OCH3 is 1. The van der Waals surface area contributed by atoms with Gasteiger partial charge in [-0.15, -0.1) is 0 Å². The first-order valence-corrected chi connectivity index (χ1v) is 6.87. The summed E-state index contributed by atoms with van der Waals surface area (Å²) >= 11 is 0. The van der Waals surface area contributed by atoms with Gasteiger partial charge in [0.25, 0.3) is 0 Å². The average molecular weight is 264 g/mol. The molecule has 0 bridgehead atoms. The van der Waals surface area contributed by atoms with Crippen molar-refractivity contribution in [3.05, 3.63) is 23.8 Å². The third-order valence-corrected chi connectivity index (χ3v) is 3.59. The Morgan fingerprint density at radius 2 is 2.05 bits per heavy atom. The Morgan fingerprint density at radius 3 is 2.74 bits per heavy atom. The lowest BCUT2D eigenvalue weighted by Crippen LogP contribution is -2.29. The van der Waals surface area contributed by atoms with Gasteiger partial charge in [0.05, 0.1) is 7.11 Å². The molecule has 1 aromatic rings. The van der Waals surface area contributed by atoms with Gasteiger partial charge in [0.2, 0.25) is 0 Å². The Labute approximate surface area is 115 Å². The van der Waals surface area contributed by atoms with E-state index in [2.05, 4.69) is 18.0 Å². The number of ether oxygens (including phenoxy) is 2. The minimum Gasteiger partial charge on any atom is -0.497 e. The zero-order valence-electron chi connectivity index (χ0n) is 11.9. The summed E-state index contributed by atoms with van der Waals surface area (Å²) in [6.07, 6.45) is 2.34. The second-order valence-electron chi connectivity index (χ2n) is 5.37. The first kappa shape index (κ1) is 14.2. The maximum Gasteiger partial charge on any atom is 0.121 e. The van der Waals surface area contributed by atoms with Crippen molar-refractivity contribution in [2.24, 2.45) is 5.92 Å². The van der Waals surface area contributed by atoms with Gasteiger partial charge in [-0.05, 0) is 43.5 Å². The van der Waals surface area contributed by atoms with Crippen molar-refractivity contribution in [3.8, 4) is 5.75 Å². The van der Waals surface area contributed by atoms with E-state index in [1.807, 2.05) is 12.1 Å². The molecule has 19 heavy (non-hydrogen) atoms. The van der Waals surface area contributed by atoms with Crippen LogP contribution < -0.4 is 10.5 Å². The van der Waals surface area contributed by atoms with E-state index in [0.29, 0.717) is 0 Å². The first-order chi connectivity index (χ1) is 9.17. The van der Waals surface area contributed by atoms with Crippen LogP contribution in [0.5, 0.6) is 5.75 Å². The maximum atomic E-state index is 5.88. The summed E-state index contributed by atoms with van der Waals surface area (Å²) in [5, 5.41) is 0. The van der Waals surface area contributed by atoms with Crippen molar-refractivity contribution in [1.29, 1.82) is 0 Å². The highest BCUT2D eigenvalue weighted by Gasteiger charge is 2.16. The summed E-state index contributed by atoms with van der Waals surface area (Å²) in [6.45, 7) is 3.83. The third-order valence-electron chi connectivity index (χ3n) is 3.59. The molecule has 1 aromatic carbocycles. The Morgan fingerprint density at radius 1 is 1.32 bits per heavy atom. The van der Waals surface area contributed by atoms with Gasteiger partial charge in [-0.2, -0.15) is 0 Å². The molecular formula is C15H24N2O2. The van der Waals surface area contributed by atoms with E-state index in [9.17, 15) is 0 Å². The molecule has 2 N–H and O–H groups in total. The number of hydrogen-bond donors (Lipinski definition) is 1. The van der Waals surface area contributed by atoms with Crippen LogP contribution in [-0.2, 0) is 11.3 Å². The van der Waals surface area contributed by atoms with E-state index in [-0.39, 0.29) is 0 Å². The van der Waals surface area contributed by atoms with E-state index < -0.39 is 0 Å². The number of anilines is 1. The Kier molecular flexibility index (Phi) is 5.05. The molecule has 106 valence electrons. The summed E-state index contributed by atoms with van der Waals surface area (Å²) in [6, 6.07) is 5.92. The summed E-state index contributed by atoms with van der Waals surface area (Å²) in [5.74, 6) is 1.58. The van der Waals surface area contributed by atoms with Gasteiger partial charge >= 0.3 is 0 Å². The fourth-order valence-corrected chi connectivity index (χ4v) is 2.64. The Hall–Kier alpha value is -1.26. The van der Waals surface area contributed by atoms with Gasteiger partial charge in [-0.25, -0.2) is 0 Å². The largest absolute Gasteiger partial charge is 0.497 e. The van der Waals surface area contributed by atoms with E-state index >= 15 is 0 Å². The molecule has 0 saturated carbocycles. The minimum absolute atomic E-state index is 0.752. The van der Waals surface area contributed by atoms with Crippen LogP contribution in [0, 0.1) is 5.92 Å². The van der Waals surface area contributed by atoms with Gasteiger partial charge in [-0.1, -0.05) is 0 Å². The van der Waals surface area contributed by atoms with Gasteiger partial charge < -0.3 is 20.1 Å². The smallest absolute Gasteiger partial charge is 0.121 e. The zero-order valence-corrected chi connectivity index (χ0v) is 11.9. The molecule has 0 amide bonds. The average Bonchev–Trinajstić information content (AvgIpc) is 2.38. The standard InChI is InChI=1S/C15H24N2O2/c1-17(10-12-3-5-19-6-4-12)11-13-7-14(16)9-15(8-13)18-2/h7-9,12H,3-6,10-11,16H2,1-2H3. The number of nitrogens with two attached hydrogens (primary N) is 1. The van der Waals surface area contributed by atoms with Crippen molar-refractivity contribution in [3.63, 3.8) is 0 Å². The van der Waals surface area contributed by atoms with Crippen LogP contribution in [0.3, 0.4) is 0 Å². The molecular weight excluding hydrogens is 240 g/mol. The van der Waals surface area contributed by atoms with Gasteiger partial charge in [0.1, 0.15) is 5.75 Å². The lowest BCUT2D eigenvalue weighted by Gasteiger charge is -2.27. The second kappa shape index (κ2) is 6.78. The normalized spacial score (nSPS) is 16.8. The molecule has 1 aliphatic rings. The first-order valence-electron chi connectivity index (χ1n) is 6.87. The summed E-state index contributed by atoms with van der Waals surface area (Å²) in [4.78, 5) is 2.35. The summed E-state index contributed by atoms with van der Waals surface area (Å²) < 4.78 is 10.6. The van der Waals surface area contributed by atoms with Crippen molar-refractivity contribution >= 4 is 5.69 Å². The van der Waals surface area contributed by atoms with Crippen molar-refractivity contribution < 1.29 is 9.47 Å². The second-order valence-corrected chi connectivity index (χ2v) is 5.37. The summed E-state index contributed by atoms with van der Waals surface area (Å²) in [5.41, 5.74) is 7.84. The molecule has 1 saturated heterocycles. The highest BCUT2D eigenvalue weighted by molar-refractivity contribution is 5.47. The monoisotopic (exact) mass is 264 g/mol. The van der Waals surface area contributed by atoms with Crippen molar-refractivity contribution in [2.75, 3.05) is 39.6 Å². The number of nitrogens with zero attached hydrogens (tertiary/aromatic N) is 1. The van der Waals surface area contributed by atoms with E-state index in [4.69, 9.17) is 15.2 Å². The highest BCUT2D eigenvalue weighted by atomic mass is 16.5. The fraction of sp³-hybridized carbons (Fsp3) is 0.600. The molecule has 0 unspecified atom stereocenters. The van der Waals surface area contributed by atoms with Crippen LogP contribution >= 0.6 is 0 Å². The Balaban J connectivity index is 1.90. The zero-order chi connectivity index (χ0) is 13.7. The molecule has 1 heterocycles. The van der Waals surface area contributed by atoms with Crippen LogP contribution in [0.25, 0.3) is 0 Å². The van der Waals surface area contributed by atoms with Crippen LogP contribution in [0.2, 0.25) is 0 Å². The maximum absolute atomic E-state index is 5.88. The molecule has 0 spiro atoms. The van der Waals surface area contributed by atoms with Gasteiger partial charge in [0, 0.05) is 38.1 Å². The SMILES string of the molecule is COc1cc(N)cc(CN(C)CC2CCOCC2)c1. The molecule has 4 heteroatoms. The van der Waals surface area contributed by atoms with E-state index in [1.54, 1.807) is 7.11 Å². The van der Waals surface area contributed by atoms with Crippen LogP contribution in [0.4, 0.5) is 5.69 Å². The Bertz CT molecular complexity index is 403. The molecule has 0 aromatic heterocycles. The molecule has 4 nitrogen and oxygen atoms in total. The molecule has 0 aliphatic carbocycles. The number of rotatable bonds is 5. The molecule has 1 aliphatic heterocycles. The number of hydrogen-bond acceptors (Lipinski definition) is 4. The van der Waals surface area contributed by atoms with Crippen LogP contribution in [-0.4, -0.2) is 38.8 Å². The summed E-state index contributed by atoms with van der Waals surface area (Å²) in [7, 11) is 3.83. The van der Waals surface area contributed by atoms with Crippen molar-refractivity contribution in [1.82, 2.24) is 4.90 Å². The topological polar surface area (TPSA) is 47.7 Å². The van der Waals surface area contributed by atoms with Crippen LogP contribution in [0.15, 0.2) is 18.2 Å². The lowest BCUT2D eigenvalue weighted by atomic mass is 9.99. The number of benzene rings is 1. The number of nitrogen functional groups attached to an aromatic ring is 1. The third kappa shape index (κ3) is 4.40. The van der Waals surface area contributed by atoms with E-state index in [1.165, 1.54) is 18.4 Å². The highest BCUT2D eigenvalue weighted by Crippen LogP contribution is 2.21. The molecule has 1 fully saturated rings. The predicted molar refractivity (Wildman–Crippen MR) is 77.3 cm³/mol. The minimum atomic E-state index is 0.752. The van der Waals surface area contributed by atoms with Crippen molar-refractivity contribution in [2.45, 2.75) is 19.4 Å². The van der Waals surface area contributed by atoms with E-state index in [0.717, 1.165) is 43.7 Å². The van der Waals surface area contributed by atoms with Gasteiger partial charge in [-0.3, -0.25) is 0 Å². The fourth-order valence-electron chi connectivity index (χ4n) is 2.64. The molecule has 0 radical (unpaired) electrons. The quantitative estimate of drug-likeness (QED) is 0.828. The van der Waals surface area contributed by atoms with Gasteiger partial charge in [0.15, 0.2) is 0 Å². The van der Waals surface area contributed by atoms with Crippen LogP contribution in [0.1, 0.15) is 18.4 Å². The predicted octanol–water partition coefficient (Wildman–Crippen LogP) is 2.14.